The van der Waals surface area contributed by atoms with E-state index in [0.717, 1.165) is 48.2 Å². The largest absolute Gasteiger partial charge is 0.317 e. The van der Waals surface area contributed by atoms with Crippen LogP contribution in [0.5, 0.6) is 0 Å². The van der Waals surface area contributed by atoms with Crippen LogP contribution in [-0.2, 0) is 6.42 Å². The molecule has 1 aliphatic heterocycles. The summed E-state index contributed by atoms with van der Waals surface area (Å²) in [5.74, 6) is 0.727. The van der Waals surface area contributed by atoms with Crippen molar-refractivity contribution in [2.75, 3.05) is 13.1 Å². The Kier molecular flexibility index (Phi) is 4.02. The Balaban J connectivity index is 1.67. The monoisotopic (exact) mass is 326 g/mol. The number of nitrogens with zero attached hydrogens (tertiary/aromatic N) is 3. The number of fused-ring (bicyclic) bond motifs is 1. The Labute approximate surface area is 140 Å². The third-order valence-corrected chi connectivity index (χ3v) is 4.80. The summed E-state index contributed by atoms with van der Waals surface area (Å²) in [5, 5.41) is 4.07. The molecule has 1 fully saturated rings. The van der Waals surface area contributed by atoms with E-state index in [-0.39, 0.29) is 0 Å². The Morgan fingerprint density at radius 2 is 1.96 bits per heavy atom. The van der Waals surface area contributed by atoms with Gasteiger partial charge < -0.3 is 5.32 Å². The molecule has 4 rings (SSSR count). The summed E-state index contributed by atoms with van der Waals surface area (Å²) in [6.45, 7) is 2.24. The lowest BCUT2D eigenvalue weighted by molar-refractivity contribution is 0.370. The molecule has 4 heterocycles. The van der Waals surface area contributed by atoms with Gasteiger partial charge in [0.15, 0.2) is 0 Å². The SMILES string of the molecule is Clc1cccc2ncc(-c3cccc(CC4CCNCC4)n3)n12. The van der Waals surface area contributed by atoms with Crippen molar-refractivity contribution in [3.63, 3.8) is 0 Å². The molecule has 23 heavy (non-hydrogen) atoms. The van der Waals surface area contributed by atoms with Crippen molar-refractivity contribution in [1.29, 1.82) is 0 Å². The number of piperidine rings is 1. The lowest BCUT2D eigenvalue weighted by Gasteiger charge is -2.22. The van der Waals surface area contributed by atoms with E-state index in [1.54, 1.807) is 0 Å². The summed E-state index contributed by atoms with van der Waals surface area (Å²) in [5.41, 5.74) is 3.87. The van der Waals surface area contributed by atoms with E-state index in [0.29, 0.717) is 5.15 Å². The van der Waals surface area contributed by atoms with Gasteiger partial charge in [0.25, 0.3) is 0 Å². The van der Waals surface area contributed by atoms with E-state index >= 15 is 0 Å². The van der Waals surface area contributed by atoms with Gasteiger partial charge in [-0.1, -0.05) is 23.7 Å². The molecule has 4 nitrogen and oxygen atoms in total. The van der Waals surface area contributed by atoms with Crippen LogP contribution in [0, 0.1) is 5.92 Å². The Hall–Kier alpha value is -1.91. The number of hydrogen-bond donors (Lipinski definition) is 1. The normalized spacial score (nSPS) is 16.0. The van der Waals surface area contributed by atoms with Crippen molar-refractivity contribution in [1.82, 2.24) is 19.7 Å². The molecule has 0 amide bonds. The predicted octanol–water partition coefficient (Wildman–Crippen LogP) is 3.59. The van der Waals surface area contributed by atoms with E-state index in [2.05, 4.69) is 22.4 Å². The van der Waals surface area contributed by atoms with Crippen molar-refractivity contribution in [3.8, 4) is 11.4 Å². The van der Waals surface area contributed by atoms with Gasteiger partial charge in [-0.25, -0.2) is 4.98 Å². The van der Waals surface area contributed by atoms with Gasteiger partial charge in [0.2, 0.25) is 0 Å². The molecule has 5 heteroatoms. The zero-order valence-electron chi connectivity index (χ0n) is 12.9. The highest BCUT2D eigenvalue weighted by Crippen LogP contribution is 2.24. The molecule has 118 valence electrons. The Bertz CT molecular complexity index is 821. The fourth-order valence-electron chi connectivity index (χ4n) is 3.29. The first-order chi connectivity index (χ1) is 11.3. The van der Waals surface area contributed by atoms with Crippen LogP contribution in [0.1, 0.15) is 18.5 Å². The Morgan fingerprint density at radius 1 is 1.13 bits per heavy atom. The number of hydrogen-bond acceptors (Lipinski definition) is 3. The third-order valence-electron chi connectivity index (χ3n) is 4.51. The molecule has 1 N–H and O–H groups in total. The van der Waals surface area contributed by atoms with Crippen molar-refractivity contribution >= 4 is 17.2 Å². The molecule has 0 bridgehead atoms. The number of rotatable bonds is 3. The lowest BCUT2D eigenvalue weighted by atomic mass is 9.93. The predicted molar refractivity (Wildman–Crippen MR) is 92.7 cm³/mol. The second-order valence-corrected chi connectivity index (χ2v) is 6.48. The van der Waals surface area contributed by atoms with E-state index in [1.807, 2.05) is 34.9 Å². The first kappa shape index (κ1) is 14.7. The Morgan fingerprint density at radius 3 is 2.83 bits per heavy atom. The second kappa shape index (κ2) is 6.30. The van der Waals surface area contributed by atoms with Crippen LogP contribution in [0.3, 0.4) is 0 Å². The zero-order chi connectivity index (χ0) is 15.6. The standard InChI is InChI=1S/C18H19ClN4/c19-17-5-2-6-18-21-12-16(23(17)18)15-4-1-3-14(22-15)11-13-7-9-20-10-8-13/h1-6,12-13,20H,7-11H2. The second-order valence-electron chi connectivity index (χ2n) is 6.10. The summed E-state index contributed by atoms with van der Waals surface area (Å²) in [4.78, 5) is 9.29. The lowest BCUT2D eigenvalue weighted by Crippen LogP contribution is -2.28. The molecular weight excluding hydrogens is 308 g/mol. The molecule has 0 spiro atoms. The van der Waals surface area contributed by atoms with Crippen LogP contribution < -0.4 is 5.32 Å². The molecule has 3 aromatic rings. The van der Waals surface area contributed by atoms with Gasteiger partial charge in [-0.05, 0) is 62.5 Å². The number of pyridine rings is 2. The van der Waals surface area contributed by atoms with Gasteiger partial charge in [0.05, 0.1) is 17.6 Å². The number of aromatic nitrogens is 3. The van der Waals surface area contributed by atoms with Crippen LogP contribution in [0.4, 0.5) is 0 Å². The maximum Gasteiger partial charge on any atom is 0.138 e. The summed E-state index contributed by atoms with van der Waals surface area (Å²) in [6, 6.07) is 12.0. The smallest absolute Gasteiger partial charge is 0.138 e. The zero-order valence-corrected chi connectivity index (χ0v) is 13.6. The van der Waals surface area contributed by atoms with Crippen LogP contribution in [0.25, 0.3) is 17.0 Å². The summed E-state index contributed by atoms with van der Waals surface area (Å²) in [6.07, 6.45) is 5.35. The maximum absolute atomic E-state index is 6.34. The number of halogens is 1. The number of nitrogens with one attached hydrogen (secondary N) is 1. The van der Waals surface area contributed by atoms with Crippen LogP contribution in [0.2, 0.25) is 5.15 Å². The molecule has 0 saturated carbocycles. The minimum atomic E-state index is 0.653. The van der Waals surface area contributed by atoms with E-state index < -0.39 is 0 Å². The quantitative estimate of drug-likeness (QED) is 0.748. The minimum absolute atomic E-state index is 0.653. The van der Waals surface area contributed by atoms with Crippen molar-refractivity contribution in [2.45, 2.75) is 19.3 Å². The van der Waals surface area contributed by atoms with Gasteiger partial charge in [0, 0.05) is 5.69 Å². The fourth-order valence-corrected chi connectivity index (χ4v) is 3.54. The molecule has 0 atom stereocenters. The van der Waals surface area contributed by atoms with Crippen molar-refractivity contribution in [3.05, 3.63) is 53.4 Å². The first-order valence-corrected chi connectivity index (χ1v) is 8.48. The van der Waals surface area contributed by atoms with Gasteiger partial charge in [0.1, 0.15) is 10.8 Å². The summed E-state index contributed by atoms with van der Waals surface area (Å²) >= 11 is 6.34. The van der Waals surface area contributed by atoms with Crippen LogP contribution in [0.15, 0.2) is 42.6 Å². The molecule has 1 saturated heterocycles. The molecule has 0 aromatic carbocycles. The van der Waals surface area contributed by atoms with Gasteiger partial charge >= 0.3 is 0 Å². The molecule has 0 aliphatic carbocycles. The average Bonchev–Trinajstić information content (AvgIpc) is 3.02. The average molecular weight is 327 g/mol. The maximum atomic E-state index is 6.34. The molecule has 0 radical (unpaired) electrons. The van der Waals surface area contributed by atoms with Crippen LogP contribution >= 0.6 is 11.6 Å². The highest BCUT2D eigenvalue weighted by Gasteiger charge is 2.15. The minimum Gasteiger partial charge on any atom is -0.317 e. The van der Waals surface area contributed by atoms with E-state index in [4.69, 9.17) is 16.6 Å². The van der Waals surface area contributed by atoms with Gasteiger partial charge in [-0.2, -0.15) is 0 Å². The highest BCUT2D eigenvalue weighted by molar-refractivity contribution is 6.29. The highest BCUT2D eigenvalue weighted by atomic mass is 35.5. The summed E-state index contributed by atoms with van der Waals surface area (Å²) < 4.78 is 1.94. The van der Waals surface area contributed by atoms with Gasteiger partial charge in [-0.15, -0.1) is 0 Å². The van der Waals surface area contributed by atoms with Gasteiger partial charge in [-0.3, -0.25) is 9.38 Å². The molecule has 1 aliphatic rings. The topological polar surface area (TPSA) is 42.2 Å². The van der Waals surface area contributed by atoms with E-state index in [9.17, 15) is 0 Å². The third kappa shape index (κ3) is 2.96. The molecule has 3 aromatic heterocycles. The number of imidazole rings is 1. The van der Waals surface area contributed by atoms with Crippen molar-refractivity contribution < 1.29 is 0 Å². The molecule has 0 unspecified atom stereocenters. The summed E-state index contributed by atoms with van der Waals surface area (Å²) in [7, 11) is 0. The fraction of sp³-hybridized carbons (Fsp3) is 0.333. The molecular formula is C18H19ClN4. The first-order valence-electron chi connectivity index (χ1n) is 8.10. The van der Waals surface area contributed by atoms with Crippen LogP contribution in [-0.4, -0.2) is 27.5 Å². The van der Waals surface area contributed by atoms with E-state index in [1.165, 1.54) is 12.8 Å². The van der Waals surface area contributed by atoms with Crippen molar-refractivity contribution in [2.24, 2.45) is 5.92 Å².